The van der Waals surface area contributed by atoms with E-state index >= 15 is 0 Å². The lowest BCUT2D eigenvalue weighted by Crippen LogP contribution is -2.50. The van der Waals surface area contributed by atoms with Gasteiger partial charge in [-0.25, -0.2) is 0 Å². The molecule has 0 spiro atoms. The third-order valence-corrected chi connectivity index (χ3v) is 9.42. The van der Waals surface area contributed by atoms with Crippen LogP contribution in [0.1, 0.15) is 65.2 Å². The Balaban J connectivity index is 1.56. The molecule has 0 aromatic rings. The molecule has 0 aromatic heterocycles. The number of rotatable bonds is 3. The number of hydrogen-bond acceptors (Lipinski definition) is 3. The summed E-state index contributed by atoms with van der Waals surface area (Å²) in [5, 5.41) is 4.36. The van der Waals surface area contributed by atoms with E-state index < -0.39 is 8.32 Å². The van der Waals surface area contributed by atoms with Crippen molar-refractivity contribution >= 4 is 14.0 Å². The van der Waals surface area contributed by atoms with Crippen LogP contribution in [-0.4, -0.2) is 27.2 Å². The van der Waals surface area contributed by atoms with Crippen molar-refractivity contribution in [1.29, 1.82) is 0 Å². The van der Waals surface area contributed by atoms with Crippen LogP contribution in [0.4, 0.5) is 0 Å². The van der Waals surface area contributed by atoms with Crippen molar-refractivity contribution in [2.75, 3.05) is 7.11 Å². The maximum Gasteiger partial charge on any atom is 0.184 e. The highest BCUT2D eigenvalue weighted by Crippen LogP contribution is 2.64. The van der Waals surface area contributed by atoms with Crippen LogP contribution in [0, 0.1) is 28.6 Å². The van der Waals surface area contributed by atoms with Crippen molar-refractivity contribution in [2.24, 2.45) is 33.7 Å². The highest BCUT2D eigenvalue weighted by atomic mass is 28.4. The third kappa shape index (κ3) is 3.46. The summed E-state index contributed by atoms with van der Waals surface area (Å²) in [6, 6.07) is 0. The van der Waals surface area contributed by atoms with E-state index in [0.29, 0.717) is 16.9 Å². The molecule has 0 aliphatic heterocycles. The lowest BCUT2D eigenvalue weighted by Gasteiger charge is -2.57. The minimum absolute atomic E-state index is 0.407. The summed E-state index contributed by atoms with van der Waals surface area (Å²) in [5.41, 5.74) is 3.88. The molecule has 0 N–H and O–H groups in total. The summed E-state index contributed by atoms with van der Waals surface area (Å²) >= 11 is 0. The van der Waals surface area contributed by atoms with Gasteiger partial charge >= 0.3 is 0 Å². The van der Waals surface area contributed by atoms with Gasteiger partial charge in [0.05, 0.1) is 5.71 Å². The molecule has 4 heteroatoms. The first-order valence-electron chi connectivity index (χ1n) is 11.1. The predicted molar refractivity (Wildman–Crippen MR) is 114 cm³/mol. The first kappa shape index (κ1) is 19.7. The third-order valence-electron chi connectivity index (χ3n) is 8.38. The molecule has 5 unspecified atom stereocenters. The molecule has 4 rings (SSSR count). The van der Waals surface area contributed by atoms with Crippen LogP contribution in [0.2, 0.25) is 19.6 Å². The van der Waals surface area contributed by atoms with Crippen molar-refractivity contribution in [3.05, 3.63) is 11.6 Å². The molecule has 0 aromatic carbocycles. The Hall–Kier alpha value is -0.613. The number of fused-ring (bicyclic) bond motifs is 5. The van der Waals surface area contributed by atoms with Gasteiger partial charge in [0.2, 0.25) is 0 Å². The van der Waals surface area contributed by atoms with Gasteiger partial charge in [0.25, 0.3) is 0 Å². The number of allylic oxidation sites excluding steroid dienone is 1. The van der Waals surface area contributed by atoms with Crippen LogP contribution in [0.3, 0.4) is 0 Å². The Morgan fingerprint density at radius 3 is 2.56 bits per heavy atom. The molecule has 0 radical (unpaired) electrons. The molecule has 0 amide bonds. The van der Waals surface area contributed by atoms with E-state index in [4.69, 9.17) is 9.26 Å². The summed E-state index contributed by atoms with van der Waals surface area (Å²) in [6.45, 7) is 12.1. The highest BCUT2D eigenvalue weighted by Gasteiger charge is 2.57. The minimum Gasteiger partial charge on any atom is -0.414 e. The van der Waals surface area contributed by atoms with Crippen molar-refractivity contribution in [3.63, 3.8) is 0 Å². The lowest BCUT2D eigenvalue weighted by atomic mass is 9.48. The zero-order valence-corrected chi connectivity index (χ0v) is 19.3. The van der Waals surface area contributed by atoms with E-state index in [-0.39, 0.29) is 0 Å². The first-order chi connectivity index (χ1) is 12.6. The molecular weight excluding hydrogens is 350 g/mol. The molecule has 0 heterocycles. The van der Waals surface area contributed by atoms with Crippen LogP contribution < -0.4 is 0 Å². The number of nitrogens with zero attached hydrogens (tertiary/aromatic N) is 1. The monoisotopic (exact) mass is 389 g/mol. The molecule has 3 nitrogen and oxygen atoms in total. The zero-order valence-electron chi connectivity index (χ0n) is 18.3. The SMILES string of the molecule is CO/N=C1\CC2C3CC=C4C[C@@H](O[Si](C)(C)C)CCC4(C)C3CCC2(C)C1. The van der Waals surface area contributed by atoms with Crippen molar-refractivity contribution in [1.82, 2.24) is 0 Å². The van der Waals surface area contributed by atoms with Crippen LogP contribution in [0.5, 0.6) is 0 Å². The molecule has 6 atom stereocenters. The normalized spacial score (nSPS) is 45.7. The lowest BCUT2D eigenvalue weighted by molar-refractivity contribution is -0.0344. The van der Waals surface area contributed by atoms with Crippen molar-refractivity contribution in [3.8, 4) is 0 Å². The summed E-state index contributed by atoms with van der Waals surface area (Å²) < 4.78 is 6.50. The topological polar surface area (TPSA) is 30.8 Å². The van der Waals surface area contributed by atoms with E-state index in [1.807, 2.05) is 0 Å². The smallest absolute Gasteiger partial charge is 0.184 e. The Morgan fingerprint density at radius 1 is 1.07 bits per heavy atom. The Labute approximate surface area is 167 Å². The Bertz CT molecular complexity index is 651. The zero-order chi connectivity index (χ0) is 19.4. The fourth-order valence-electron chi connectivity index (χ4n) is 7.23. The average molecular weight is 390 g/mol. The van der Waals surface area contributed by atoms with Crippen molar-refractivity contribution in [2.45, 2.75) is 91.0 Å². The quantitative estimate of drug-likeness (QED) is 0.328. The molecule has 3 saturated carbocycles. The van der Waals surface area contributed by atoms with E-state index in [1.165, 1.54) is 44.2 Å². The fourth-order valence-corrected chi connectivity index (χ4v) is 8.43. The summed E-state index contributed by atoms with van der Waals surface area (Å²) in [4.78, 5) is 5.14. The van der Waals surface area contributed by atoms with Gasteiger partial charge in [0, 0.05) is 6.10 Å². The van der Waals surface area contributed by atoms with Crippen LogP contribution in [0.15, 0.2) is 16.8 Å². The highest BCUT2D eigenvalue weighted by molar-refractivity contribution is 6.69. The van der Waals surface area contributed by atoms with E-state index in [0.717, 1.165) is 30.6 Å². The summed E-state index contributed by atoms with van der Waals surface area (Å²) in [5.74, 6) is 2.47. The van der Waals surface area contributed by atoms with E-state index in [2.05, 4.69) is 44.7 Å². The average Bonchev–Trinajstić information content (AvgIpc) is 2.90. The molecule has 4 aliphatic carbocycles. The van der Waals surface area contributed by atoms with Crippen LogP contribution >= 0.6 is 0 Å². The molecule has 152 valence electrons. The molecular formula is C23H39NO2Si. The van der Waals surface area contributed by atoms with Gasteiger partial charge < -0.3 is 9.26 Å². The van der Waals surface area contributed by atoms with Crippen LogP contribution in [0.25, 0.3) is 0 Å². The Morgan fingerprint density at radius 2 is 1.85 bits per heavy atom. The van der Waals surface area contributed by atoms with Gasteiger partial charge in [-0.3, -0.25) is 0 Å². The summed E-state index contributed by atoms with van der Waals surface area (Å²) in [7, 11) is 0.237. The second-order valence-corrected chi connectivity index (χ2v) is 15.7. The van der Waals surface area contributed by atoms with Gasteiger partial charge in [-0.1, -0.05) is 30.7 Å². The molecule has 3 fully saturated rings. The molecule has 27 heavy (non-hydrogen) atoms. The van der Waals surface area contributed by atoms with E-state index in [9.17, 15) is 0 Å². The maximum atomic E-state index is 6.50. The number of oxime groups is 1. The fraction of sp³-hybridized carbons (Fsp3) is 0.870. The first-order valence-corrected chi connectivity index (χ1v) is 14.5. The van der Waals surface area contributed by atoms with Gasteiger partial charge in [-0.15, -0.1) is 0 Å². The summed E-state index contributed by atoms with van der Waals surface area (Å²) in [6.07, 6.45) is 13.2. The molecule has 0 saturated heterocycles. The maximum absolute atomic E-state index is 6.50. The number of hydrogen-bond donors (Lipinski definition) is 0. The molecule has 0 bridgehead atoms. The Kier molecular flexibility index (Phi) is 4.90. The van der Waals surface area contributed by atoms with Gasteiger partial charge in [0.15, 0.2) is 8.32 Å². The van der Waals surface area contributed by atoms with Crippen LogP contribution in [-0.2, 0) is 9.26 Å². The second-order valence-electron chi connectivity index (χ2n) is 11.3. The van der Waals surface area contributed by atoms with E-state index in [1.54, 1.807) is 12.7 Å². The van der Waals surface area contributed by atoms with Gasteiger partial charge in [-0.05, 0) is 99.6 Å². The van der Waals surface area contributed by atoms with Crippen molar-refractivity contribution < 1.29 is 9.26 Å². The second kappa shape index (κ2) is 6.72. The predicted octanol–water partition coefficient (Wildman–Crippen LogP) is 6.17. The molecule has 4 aliphatic rings. The minimum atomic E-state index is -1.46. The van der Waals surface area contributed by atoms with Gasteiger partial charge in [0.1, 0.15) is 7.11 Å². The van der Waals surface area contributed by atoms with Gasteiger partial charge in [-0.2, -0.15) is 0 Å². The standard InChI is InChI=1S/C23H39NO2Si/c1-22-11-10-20-19(21(22)14-17(15-22)24-25-3)8-7-16-13-18(26-27(4,5)6)9-12-23(16,20)2/h7,18-21H,8-15H2,1-6H3/b24-17+/t18-,19?,20?,21?,22?,23?/m0/s1. The largest absolute Gasteiger partial charge is 0.414 e.